The number of allylic oxidation sites excluding steroid dienone is 2. The van der Waals surface area contributed by atoms with Crippen LogP contribution in [0.4, 0.5) is 0 Å². The Balaban J connectivity index is 2.14. The maximum absolute atomic E-state index is 11.6. The van der Waals surface area contributed by atoms with Crippen LogP contribution in [0.3, 0.4) is 0 Å². The van der Waals surface area contributed by atoms with Crippen molar-refractivity contribution in [3.63, 3.8) is 0 Å². The standard InChI is InChI=1S/C15H11Cl2N3O/c16-7-14(21)19-15-12-4-2-1-3-10(12)8-20-9-11(17)5-6-13(20)18-15/h1-6,9H,7-8H2. The Labute approximate surface area is 132 Å². The van der Waals surface area contributed by atoms with E-state index >= 15 is 0 Å². The Morgan fingerprint density at radius 3 is 2.95 bits per heavy atom. The van der Waals surface area contributed by atoms with Crippen LogP contribution in [-0.4, -0.2) is 28.4 Å². The topological polar surface area (TPSA) is 45.0 Å². The normalized spacial score (nSPS) is 18.6. The van der Waals surface area contributed by atoms with Crippen molar-refractivity contribution in [2.75, 3.05) is 5.88 Å². The Bertz CT molecular complexity index is 719. The van der Waals surface area contributed by atoms with Gasteiger partial charge in [0.25, 0.3) is 5.91 Å². The van der Waals surface area contributed by atoms with Crippen molar-refractivity contribution in [3.8, 4) is 0 Å². The van der Waals surface area contributed by atoms with E-state index in [0.717, 1.165) is 11.1 Å². The van der Waals surface area contributed by atoms with E-state index in [9.17, 15) is 4.79 Å². The van der Waals surface area contributed by atoms with Crippen LogP contribution in [0.1, 0.15) is 11.1 Å². The molecule has 2 heterocycles. The third kappa shape index (κ3) is 2.91. The molecule has 106 valence electrons. The van der Waals surface area contributed by atoms with E-state index in [1.807, 2.05) is 35.4 Å². The van der Waals surface area contributed by atoms with Crippen molar-refractivity contribution in [1.82, 2.24) is 4.90 Å². The molecule has 0 unspecified atom stereocenters. The summed E-state index contributed by atoms with van der Waals surface area (Å²) in [7, 11) is 0. The number of halogens is 2. The SMILES string of the molecule is O=C(CCl)N=C1N=C2C=CC(Cl)=CN2Cc2ccccc21. The van der Waals surface area contributed by atoms with Crippen molar-refractivity contribution >= 4 is 40.8 Å². The highest BCUT2D eigenvalue weighted by atomic mass is 35.5. The zero-order valence-electron chi connectivity index (χ0n) is 11.0. The lowest BCUT2D eigenvalue weighted by Crippen LogP contribution is -2.25. The number of carbonyl (C=O) groups is 1. The Morgan fingerprint density at radius 2 is 2.14 bits per heavy atom. The second-order valence-electron chi connectivity index (χ2n) is 4.57. The van der Waals surface area contributed by atoms with Crippen LogP contribution < -0.4 is 0 Å². The molecule has 0 aromatic heterocycles. The molecule has 0 aliphatic carbocycles. The molecule has 0 saturated carbocycles. The van der Waals surface area contributed by atoms with Gasteiger partial charge in [0.2, 0.25) is 0 Å². The quantitative estimate of drug-likeness (QED) is 0.747. The summed E-state index contributed by atoms with van der Waals surface area (Å²) < 4.78 is 0. The van der Waals surface area contributed by atoms with Gasteiger partial charge in [-0.3, -0.25) is 4.79 Å². The molecule has 4 nitrogen and oxygen atoms in total. The summed E-state index contributed by atoms with van der Waals surface area (Å²) >= 11 is 11.6. The monoisotopic (exact) mass is 319 g/mol. The average molecular weight is 320 g/mol. The molecule has 21 heavy (non-hydrogen) atoms. The molecule has 2 aliphatic heterocycles. The van der Waals surface area contributed by atoms with Crippen molar-refractivity contribution in [2.45, 2.75) is 6.54 Å². The van der Waals surface area contributed by atoms with Crippen molar-refractivity contribution in [2.24, 2.45) is 9.98 Å². The second-order valence-corrected chi connectivity index (χ2v) is 5.27. The zero-order chi connectivity index (χ0) is 14.8. The highest BCUT2D eigenvalue weighted by molar-refractivity contribution is 6.32. The summed E-state index contributed by atoms with van der Waals surface area (Å²) in [5, 5.41) is 0.628. The zero-order valence-corrected chi connectivity index (χ0v) is 12.5. The number of fused-ring (bicyclic) bond motifs is 2. The van der Waals surface area contributed by atoms with Crippen molar-refractivity contribution in [3.05, 3.63) is 58.8 Å². The predicted octanol–water partition coefficient (Wildman–Crippen LogP) is 3.06. The minimum absolute atomic E-state index is 0.165. The molecule has 1 aromatic carbocycles. The maximum Gasteiger partial charge on any atom is 0.262 e. The minimum atomic E-state index is -0.410. The van der Waals surface area contributed by atoms with Crippen LogP contribution in [0, 0.1) is 0 Å². The Hall–Kier alpha value is -1.91. The van der Waals surface area contributed by atoms with Gasteiger partial charge in [-0.2, -0.15) is 4.99 Å². The highest BCUT2D eigenvalue weighted by Crippen LogP contribution is 2.23. The number of benzene rings is 1. The van der Waals surface area contributed by atoms with E-state index in [4.69, 9.17) is 23.2 Å². The van der Waals surface area contributed by atoms with Gasteiger partial charge < -0.3 is 4.90 Å². The molecule has 0 fully saturated rings. The number of carbonyl (C=O) groups excluding carboxylic acids is 1. The first kappa shape index (κ1) is 14.0. The van der Waals surface area contributed by atoms with Gasteiger partial charge in [-0.15, -0.1) is 11.6 Å². The van der Waals surface area contributed by atoms with E-state index < -0.39 is 5.91 Å². The van der Waals surface area contributed by atoms with E-state index in [0.29, 0.717) is 23.2 Å². The smallest absolute Gasteiger partial charge is 0.262 e. The fourth-order valence-electron chi connectivity index (χ4n) is 2.20. The number of alkyl halides is 1. The fraction of sp³-hybridized carbons (Fsp3) is 0.133. The molecular weight excluding hydrogens is 309 g/mol. The number of hydrogen-bond donors (Lipinski definition) is 0. The molecule has 1 amide bonds. The number of rotatable bonds is 1. The molecule has 1 aromatic rings. The van der Waals surface area contributed by atoms with Gasteiger partial charge in [-0.25, -0.2) is 4.99 Å². The maximum atomic E-state index is 11.6. The predicted molar refractivity (Wildman–Crippen MR) is 84.8 cm³/mol. The molecule has 6 heteroatoms. The van der Waals surface area contributed by atoms with Crippen LogP contribution in [0.15, 0.2) is 57.6 Å². The first-order valence-electron chi connectivity index (χ1n) is 6.34. The summed E-state index contributed by atoms with van der Waals surface area (Å²) in [6.45, 7) is 0.615. The number of aliphatic imine (C=N–C) groups is 2. The van der Waals surface area contributed by atoms with Gasteiger partial charge in [-0.1, -0.05) is 35.9 Å². The molecular formula is C15H11Cl2N3O. The molecule has 0 saturated heterocycles. The summed E-state index contributed by atoms with van der Waals surface area (Å²) in [5.74, 6) is 0.496. The number of hydrogen-bond acceptors (Lipinski definition) is 2. The largest absolute Gasteiger partial charge is 0.327 e. The lowest BCUT2D eigenvalue weighted by molar-refractivity contribution is -0.115. The van der Waals surface area contributed by atoms with Gasteiger partial charge in [0.15, 0.2) is 5.84 Å². The number of nitrogens with zero attached hydrogens (tertiary/aromatic N) is 3. The van der Waals surface area contributed by atoms with Crippen LogP contribution in [0.25, 0.3) is 0 Å². The van der Waals surface area contributed by atoms with E-state index in [2.05, 4.69) is 9.98 Å². The third-order valence-electron chi connectivity index (χ3n) is 3.13. The minimum Gasteiger partial charge on any atom is -0.327 e. The molecule has 0 bridgehead atoms. The summed E-state index contributed by atoms with van der Waals surface area (Å²) in [6, 6.07) is 7.71. The number of amides is 1. The summed E-state index contributed by atoms with van der Waals surface area (Å²) in [4.78, 5) is 22.0. The van der Waals surface area contributed by atoms with Crippen LogP contribution in [0.2, 0.25) is 0 Å². The molecule has 2 aliphatic rings. The van der Waals surface area contributed by atoms with E-state index in [1.165, 1.54) is 0 Å². The van der Waals surface area contributed by atoms with Gasteiger partial charge in [0.05, 0.1) is 5.03 Å². The fourth-order valence-corrected chi connectivity index (χ4v) is 2.44. The van der Waals surface area contributed by atoms with Gasteiger partial charge >= 0.3 is 0 Å². The molecule has 0 radical (unpaired) electrons. The van der Waals surface area contributed by atoms with Crippen molar-refractivity contribution in [1.29, 1.82) is 0 Å². The summed E-state index contributed by atoms with van der Waals surface area (Å²) in [5.41, 5.74) is 1.85. The molecule has 0 N–H and O–H groups in total. The molecule has 0 spiro atoms. The molecule has 3 rings (SSSR count). The van der Waals surface area contributed by atoms with Gasteiger partial charge in [-0.05, 0) is 17.7 Å². The Morgan fingerprint density at radius 1 is 1.33 bits per heavy atom. The third-order valence-corrected chi connectivity index (χ3v) is 3.58. The van der Waals surface area contributed by atoms with Crippen LogP contribution in [0.5, 0.6) is 0 Å². The highest BCUT2D eigenvalue weighted by Gasteiger charge is 2.21. The average Bonchev–Trinajstić information content (AvgIpc) is 2.63. The van der Waals surface area contributed by atoms with E-state index in [-0.39, 0.29) is 5.88 Å². The lowest BCUT2D eigenvalue weighted by Gasteiger charge is -2.21. The number of amidine groups is 2. The lowest BCUT2D eigenvalue weighted by atomic mass is 10.1. The first-order valence-corrected chi connectivity index (χ1v) is 7.25. The van der Waals surface area contributed by atoms with Crippen LogP contribution in [-0.2, 0) is 11.3 Å². The molecule has 0 atom stereocenters. The Kier molecular flexibility index (Phi) is 3.90. The van der Waals surface area contributed by atoms with Gasteiger partial charge in [0, 0.05) is 18.3 Å². The van der Waals surface area contributed by atoms with E-state index in [1.54, 1.807) is 12.2 Å². The second kappa shape index (κ2) is 5.84. The van der Waals surface area contributed by atoms with Crippen LogP contribution >= 0.6 is 23.2 Å². The summed E-state index contributed by atoms with van der Waals surface area (Å²) in [6.07, 6.45) is 5.37. The van der Waals surface area contributed by atoms with Gasteiger partial charge in [0.1, 0.15) is 11.7 Å². The first-order chi connectivity index (χ1) is 10.2. The van der Waals surface area contributed by atoms with Crippen molar-refractivity contribution < 1.29 is 4.79 Å².